The molecule has 1 saturated carbocycles. The first-order valence-electron chi connectivity index (χ1n) is 14.0. The van der Waals surface area contributed by atoms with Crippen molar-refractivity contribution < 1.29 is 4.79 Å². The topological polar surface area (TPSA) is 44.9 Å². The molecule has 3 nitrogen and oxygen atoms in total. The van der Waals surface area contributed by atoms with Gasteiger partial charge in [0.15, 0.2) is 0 Å². The molecule has 0 bridgehead atoms. The molecule has 6 rings (SSSR count). The predicted octanol–water partition coefficient (Wildman–Crippen LogP) is 7.62. The summed E-state index contributed by atoms with van der Waals surface area (Å²) < 4.78 is 0. The van der Waals surface area contributed by atoms with E-state index in [4.69, 9.17) is 0 Å². The summed E-state index contributed by atoms with van der Waals surface area (Å²) in [7, 11) is 0. The first kappa shape index (κ1) is 23.3. The van der Waals surface area contributed by atoms with Crippen LogP contribution in [0.5, 0.6) is 0 Å². The first-order chi connectivity index (χ1) is 17.6. The van der Waals surface area contributed by atoms with Gasteiger partial charge in [-0.1, -0.05) is 75.6 Å². The molecule has 1 fully saturated rings. The molecule has 2 unspecified atom stereocenters. The van der Waals surface area contributed by atoms with Crippen LogP contribution >= 0.6 is 0 Å². The van der Waals surface area contributed by atoms with E-state index < -0.39 is 0 Å². The quantitative estimate of drug-likeness (QED) is 0.398. The molecule has 3 aliphatic rings. The number of amides is 1. The van der Waals surface area contributed by atoms with Crippen LogP contribution in [-0.4, -0.2) is 17.4 Å². The normalized spacial score (nSPS) is 22.9. The summed E-state index contributed by atoms with van der Waals surface area (Å²) in [6.07, 6.45) is 13.4. The van der Waals surface area contributed by atoms with Crippen molar-refractivity contribution in [3.8, 4) is 22.4 Å². The van der Waals surface area contributed by atoms with Crippen LogP contribution in [0.3, 0.4) is 0 Å². The van der Waals surface area contributed by atoms with Gasteiger partial charge in [-0.05, 0) is 84.4 Å². The van der Waals surface area contributed by atoms with E-state index in [1.54, 1.807) is 0 Å². The largest absolute Gasteiger partial charge is 0.357 e. The lowest BCUT2D eigenvalue weighted by Crippen LogP contribution is -2.49. The molecule has 2 atom stereocenters. The maximum atomic E-state index is 13.3. The number of H-pyrrole nitrogens is 1. The van der Waals surface area contributed by atoms with Gasteiger partial charge in [-0.25, -0.2) is 0 Å². The molecule has 0 radical (unpaired) electrons. The number of hydrogen-bond donors (Lipinski definition) is 2. The molecule has 3 heteroatoms. The maximum absolute atomic E-state index is 13.3. The molecule has 2 heterocycles. The Balaban J connectivity index is 1.54. The molecule has 3 aromatic rings. The number of fused-ring (bicyclic) bond motifs is 6. The number of rotatable bonds is 4. The number of aryl methyl sites for hydroxylation is 2. The summed E-state index contributed by atoms with van der Waals surface area (Å²) in [6, 6.07) is 13.6. The fourth-order valence-electron chi connectivity index (χ4n) is 7.32. The Morgan fingerprint density at radius 1 is 1.08 bits per heavy atom. The van der Waals surface area contributed by atoms with E-state index in [9.17, 15) is 4.79 Å². The van der Waals surface area contributed by atoms with Crippen molar-refractivity contribution in [2.45, 2.75) is 77.6 Å². The second kappa shape index (κ2) is 9.10. The lowest BCUT2D eigenvalue weighted by Gasteiger charge is -2.43. The van der Waals surface area contributed by atoms with Gasteiger partial charge in [-0.2, -0.15) is 0 Å². The number of aromatic amines is 1. The average Bonchev–Trinajstić information content (AvgIpc) is 3.33. The summed E-state index contributed by atoms with van der Waals surface area (Å²) in [4.78, 5) is 17.2. The number of allylic oxidation sites excluding steroid dienone is 1. The van der Waals surface area contributed by atoms with Crippen molar-refractivity contribution in [2.24, 2.45) is 5.92 Å². The highest BCUT2D eigenvalue weighted by Crippen LogP contribution is 2.49. The Hall–Kier alpha value is -3.07. The monoisotopic (exact) mass is 478 g/mol. The third-order valence-corrected chi connectivity index (χ3v) is 9.19. The second-order valence-corrected chi connectivity index (χ2v) is 11.2. The van der Waals surface area contributed by atoms with Crippen molar-refractivity contribution in [2.75, 3.05) is 6.54 Å². The molecule has 186 valence electrons. The van der Waals surface area contributed by atoms with Gasteiger partial charge in [0.05, 0.1) is 5.56 Å². The molecular formula is C33H38N2O. The molecule has 2 N–H and O–H groups in total. The lowest BCUT2D eigenvalue weighted by atomic mass is 9.65. The predicted molar refractivity (Wildman–Crippen MR) is 149 cm³/mol. The van der Waals surface area contributed by atoms with Gasteiger partial charge in [0.1, 0.15) is 0 Å². The summed E-state index contributed by atoms with van der Waals surface area (Å²) in [5.41, 5.74) is 12.7. The van der Waals surface area contributed by atoms with Gasteiger partial charge >= 0.3 is 0 Å². The minimum atomic E-state index is 0.0599. The molecule has 1 aliphatic heterocycles. The van der Waals surface area contributed by atoms with Crippen molar-refractivity contribution in [1.29, 1.82) is 0 Å². The van der Waals surface area contributed by atoms with Crippen molar-refractivity contribution >= 4 is 12.0 Å². The van der Waals surface area contributed by atoms with Crippen molar-refractivity contribution in [3.05, 3.63) is 76.0 Å². The lowest BCUT2D eigenvalue weighted by molar-refractivity contribution is 0.0896. The van der Waals surface area contributed by atoms with Crippen LogP contribution < -0.4 is 5.32 Å². The van der Waals surface area contributed by atoms with Crippen LogP contribution in [0, 0.1) is 5.92 Å². The van der Waals surface area contributed by atoms with Gasteiger partial charge < -0.3 is 10.3 Å². The van der Waals surface area contributed by atoms with Crippen LogP contribution in [0.4, 0.5) is 0 Å². The van der Waals surface area contributed by atoms with E-state index in [0.29, 0.717) is 0 Å². The molecule has 1 aromatic heterocycles. The highest BCUT2D eigenvalue weighted by molar-refractivity contribution is 6.01. The third kappa shape index (κ3) is 3.58. The van der Waals surface area contributed by atoms with Gasteiger partial charge in [0.25, 0.3) is 5.91 Å². The molecular weight excluding hydrogens is 440 g/mol. The zero-order valence-electron chi connectivity index (χ0n) is 22.0. The van der Waals surface area contributed by atoms with Crippen LogP contribution in [0.15, 0.2) is 42.5 Å². The SMILES string of the molecule is CC=Cc1ccccc1-c1cc2c(cc1CC)CCc1c-2[nH]c2c1C(=O)NCC21CCCC(CC)C1. The van der Waals surface area contributed by atoms with Gasteiger partial charge in [0.2, 0.25) is 0 Å². The standard InChI is InChI=1S/C33H38N2O/c1-4-10-23-12-7-8-13-25(23)27-18-28-24(17-22(27)6-3)14-15-26-29-31(35-30(26)28)33(20-34-32(29)36)16-9-11-21(5-2)19-33/h4,7-8,10,12-13,17-18,21,35H,5-6,9,11,14-16,19-20H2,1-3H3,(H,34,36). The Labute approximate surface area is 215 Å². The number of carbonyl (C=O) groups is 1. The van der Waals surface area contributed by atoms with Crippen LogP contribution in [0.1, 0.15) is 91.2 Å². The van der Waals surface area contributed by atoms with E-state index in [1.165, 1.54) is 82.4 Å². The van der Waals surface area contributed by atoms with Crippen molar-refractivity contribution in [1.82, 2.24) is 10.3 Å². The molecule has 2 aliphatic carbocycles. The van der Waals surface area contributed by atoms with Gasteiger partial charge in [-0.3, -0.25) is 4.79 Å². The highest BCUT2D eigenvalue weighted by Gasteiger charge is 2.46. The van der Waals surface area contributed by atoms with Gasteiger partial charge in [0, 0.05) is 28.9 Å². The number of nitrogens with one attached hydrogen (secondary N) is 2. The van der Waals surface area contributed by atoms with Crippen LogP contribution in [0.25, 0.3) is 28.5 Å². The fourth-order valence-corrected chi connectivity index (χ4v) is 7.32. The maximum Gasteiger partial charge on any atom is 0.253 e. The number of hydrogen-bond acceptors (Lipinski definition) is 1. The smallest absolute Gasteiger partial charge is 0.253 e. The van der Waals surface area contributed by atoms with Crippen molar-refractivity contribution in [3.63, 3.8) is 0 Å². The number of benzene rings is 2. The van der Waals surface area contributed by atoms with Gasteiger partial charge in [-0.15, -0.1) is 0 Å². The fraction of sp³-hybridized carbons (Fsp3) is 0.424. The second-order valence-electron chi connectivity index (χ2n) is 11.2. The Kier molecular flexibility index (Phi) is 5.90. The van der Waals surface area contributed by atoms with E-state index in [0.717, 1.165) is 37.3 Å². The highest BCUT2D eigenvalue weighted by atomic mass is 16.1. The Bertz CT molecular complexity index is 1360. The molecule has 1 spiro atoms. The zero-order valence-corrected chi connectivity index (χ0v) is 22.0. The summed E-state index contributed by atoms with van der Waals surface area (Å²) in [5.74, 6) is 0.870. The average molecular weight is 479 g/mol. The van der Waals surface area contributed by atoms with E-state index in [-0.39, 0.29) is 11.3 Å². The Morgan fingerprint density at radius 2 is 1.94 bits per heavy atom. The van der Waals surface area contributed by atoms with E-state index in [1.807, 2.05) is 0 Å². The minimum absolute atomic E-state index is 0.0599. The van der Waals surface area contributed by atoms with E-state index in [2.05, 4.69) is 79.6 Å². The summed E-state index contributed by atoms with van der Waals surface area (Å²) in [6.45, 7) is 7.43. The Morgan fingerprint density at radius 3 is 2.75 bits per heavy atom. The summed E-state index contributed by atoms with van der Waals surface area (Å²) >= 11 is 0. The van der Waals surface area contributed by atoms with Crippen LogP contribution in [0.2, 0.25) is 0 Å². The third-order valence-electron chi connectivity index (χ3n) is 9.19. The molecule has 0 saturated heterocycles. The van der Waals surface area contributed by atoms with Crippen LogP contribution in [-0.2, 0) is 24.7 Å². The molecule has 2 aromatic carbocycles. The molecule has 1 amide bonds. The summed E-state index contributed by atoms with van der Waals surface area (Å²) in [5, 5.41) is 3.31. The first-order valence-corrected chi connectivity index (χ1v) is 14.0. The molecule has 36 heavy (non-hydrogen) atoms. The number of carbonyl (C=O) groups excluding carboxylic acids is 1. The zero-order chi connectivity index (χ0) is 24.9. The van der Waals surface area contributed by atoms with E-state index >= 15 is 0 Å². The minimum Gasteiger partial charge on any atom is -0.357 e. The number of aromatic nitrogens is 1.